The first-order chi connectivity index (χ1) is 23.5. The number of nitrogens with one attached hydrogen (secondary N) is 1. The summed E-state index contributed by atoms with van der Waals surface area (Å²) in [5.74, 6) is -3.44. The first-order valence-electron chi connectivity index (χ1n) is 17.6. The molecule has 3 aromatic carbocycles. The zero-order valence-corrected chi connectivity index (χ0v) is 28.6. The first-order valence-corrected chi connectivity index (χ1v) is 17.6. The van der Waals surface area contributed by atoms with Crippen molar-refractivity contribution in [3.05, 3.63) is 112 Å². The summed E-state index contributed by atoms with van der Waals surface area (Å²) < 4.78 is 0. The molecule has 262 valence electrons. The molecule has 5 atom stereocenters. The van der Waals surface area contributed by atoms with Gasteiger partial charge in [0.05, 0.1) is 16.5 Å². The molecule has 2 fully saturated rings. The average Bonchev–Trinajstić information content (AvgIpc) is 3.11. The number of carboxylic acids is 2. The predicted octanol–water partition coefficient (Wildman–Crippen LogP) is 6.54. The molecule has 10 heteroatoms. The van der Waals surface area contributed by atoms with Gasteiger partial charge in [-0.2, -0.15) is 0 Å². The van der Waals surface area contributed by atoms with Crippen LogP contribution in [0.1, 0.15) is 87.8 Å². The summed E-state index contributed by atoms with van der Waals surface area (Å²) in [7, 11) is 0. The zero-order chi connectivity index (χ0) is 35.2. The average molecular weight is 671 g/mol. The van der Waals surface area contributed by atoms with Crippen molar-refractivity contribution in [2.45, 2.75) is 88.8 Å². The lowest BCUT2D eigenvalue weighted by molar-refractivity contribution is -0.385. The highest BCUT2D eigenvalue weighted by atomic mass is 16.6. The van der Waals surface area contributed by atoms with E-state index < -0.39 is 45.8 Å². The van der Waals surface area contributed by atoms with E-state index in [0.29, 0.717) is 18.5 Å². The molecule has 5 unspecified atom stereocenters. The van der Waals surface area contributed by atoms with Gasteiger partial charge in [0.25, 0.3) is 5.69 Å². The number of nitrogens with two attached hydrogens (primary N) is 1. The number of rotatable bonds is 14. The Morgan fingerprint density at radius 1 is 0.878 bits per heavy atom. The Kier molecular flexibility index (Phi) is 11.2. The van der Waals surface area contributed by atoms with Crippen molar-refractivity contribution >= 4 is 17.6 Å². The van der Waals surface area contributed by atoms with Crippen molar-refractivity contribution in [2.24, 2.45) is 16.6 Å². The second kappa shape index (κ2) is 15.2. The number of nitro groups is 1. The number of nitrogens with zero attached hydrogens (tertiary/aromatic N) is 2. The monoisotopic (exact) mass is 670 g/mol. The summed E-state index contributed by atoms with van der Waals surface area (Å²) in [6.07, 6.45) is 4.06. The molecule has 10 nitrogen and oxygen atoms in total. The molecule has 0 spiro atoms. The first kappa shape index (κ1) is 36.2. The topological polar surface area (TPSA) is 159 Å². The van der Waals surface area contributed by atoms with Gasteiger partial charge in [-0.15, -0.1) is 0 Å². The van der Waals surface area contributed by atoms with Gasteiger partial charge in [-0.25, -0.2) is 0 Å². The molecular formula is C39H50N4O6. The molecule has 5 rings (SSSR count). The van der Waals surface area contributed by atoms with Crippen LogP contribution in [0.3, 0.4) is 0 Å². The van der Waals surface area contributed by atoms with E-state index in [1.807, 2.05) is 12.1 Å². The number of hydrogen-bond donors (Lipinski definition) is 4. The Hall–Kier alpha value is -4.12. The second-order valence-electron chi connectivity index (χ2n) is 14.1. The lowest BCUT2D eigenvalue weighted by atomic mass is 9.50. The van der Waals surface area contributed by atoms with Crippen molar-refractivity contribution in [1.82, 2.24) is 10.2 Å². The van der Waals surface area contributed by atoms with Crippen LogP contribution in [-0.4, -0.2) is 63.8 Å². The third-order valence-electron chi connectivity index (χ3n) is 11.6. The molecule has 2 saturated heterocycles. The van der Waals surface area contributed by atoms with Gasteiger partial charge in [-0.1, -0.05) is 105 Å². The molecule has 0 aliphatic carbocycles. The Balaban J connectivity index is 1.52. The number of benzene rings is 3. The third-order valence-corrected chi connectivity index (χ3v) is 11.6. The maximum absolute atomic E-state index is 13.8. The van der Waals surface area contributed by atoms with E-state index in [1.165, 1.54) is 29.3 Å². The minimum Gasteiger partial charge on any atom is -0.481 e. The van der Waals surface area contributed by atoms with Gasteiger partial charge >= 0.3 is 11.9 Å². The summed E-state index contributed by atoms with van der Waals surface area (Å²) in [4.78, 5) is 41.0. The van der Waals surface area contributed by atoms with Gasteiger partial charge in [0.2, 0.25) is 0 Å². The normalized spacial score (nSPS) is 27.0. The fourth-order valence-corrected chi connectivity index (χ4v) is 8.91. The van der Waals surface area contributed by atoms with Gasteiger partial charge < -0.3 is 20.8 Å². The highest BCUT2D eigenvalue weighted by Gasteiger charge is 2.67. The van der Waals surface area contributed by atoms with Gasteiger partial charge in [-0.3, -0.25) is 25.0 Å². The number of unbranched alkanes of at least 4 members (excludes halogenated alkanes) is 3. The Labute approximate surface area is 288 Å². The van der Waals surface area contributed by atoms with Crippen LogP contribution in [0.4, 0.5) is 5.69 Å². The standard InChI is InChI=1S/C39H50N4O6/c1-3-4-5-12-20-39(36(46)47)33(29-14-13-19-32(27-29)43(48)49)38(35(44)45,28(2)41-34(39)40)23-26-42-24-21-37(22-25-42,30-15-8-6-9-16-30)31-17-10-7-11-18-31/h6-11,13-19,27-28,33-34,41H,3-5,12,20-26,40H2,1-2H3,(H,44,45)(H,46,47). The molecule has 49 heavy (non-hydrogen) atoms. The zero-order valence-electron chi connectivity index (χ0n) is 28.6. The Morgan fingerprint density at radius 2 is 1.47 bits per heavy atom. The van der Waals surface area contributed by atoms with Gasteiger partial charge in [0.1, 0.15) is 5.41 Å². The fourth-order valence-electron chi connectivity index (χ4n) is 8.91. The van der Waals surface area contributed by atoms with Crippen LogP contribution in [0.5, 0.6) is 0 Å². The number of hydrogen-bond acceptors (Lipinski definition) is 7. The summed E-state index contributed by atoms with van der Waals surface area (Å²) in [6, 6.07) is 26.1. The number of non-ortho nitro benzene ring substituents is 1. The molecule has 0 radical (unpaired) electrons. The smallest absolute Gasteiger partial charge is 0.313 e. The SMILES string of the molecule is CCCCCCC1(C(=O)O)C(N)NC(C)C(CCN2CCC(c3ccccc3)(c3ccccc3)CC2)(C(=O)O)C1c1cccc([N+](=O)[O-])c1. The van der Waals surface area contributed by atoms with Crippen LogP contribution in [0, 0.1) is 20.9 Å². The molecule has 0 saturated carbocycles. The Bertz CT molecular complexity index is 1550. The molecule has 0 amide bonds. The maximum atomic E-state index is 13.8. The van der Waals surface area contributed by atoms with Crippen molar-refractivity contribution in [3.63, 3.8) is 0 Å². The highest BCUT2D eigenvalue weighted by Crippen LogP contribution is 2.58. The van der Waals surface area contributed by atoms with Gasteiger partial charge in [0.15, 0.2) is 0 Å². The van der Waals surface area contributed by atoms with E-state index in [9.17, 15) is 29.9 Å². The predicted molar refractivity (Wildman–Crippen MR) is 189 cm³/mol. The van der Waals surface area contributed by atoms with Crippen molar-refractivity contribution in [3.8, 4) is 0 Å². The molecular weight excluding hydrogens is 620 g/mol. The quantitative estimate of drug-likeness (QED) is 0.0849. The van der Waals surface area contributed by atoms with Crippen molar-refractivity contribution < 1.29 is 24.7 Å². The molecule has 2 aliphatic rings. The van der Waals surface area contributed by atoms with Crippen LogP contribution in [0.15, 0.2) is 84.9 Å². The number of nitro benzene ring substituents is 1. The molecule has 5 N–H and O–H groups in total. The van der Waals surface area contributed by atoms with Gasteiger partial charge in [-0.05, 0) is 68.9 Å². The van der Waals surface area contributed by atoms with Crippen LogP contribution in [0.25, 0.3) is 0 Å². The van der Waals surface area contributed by atoms with E-state index in [1.54, 1.807) is 13.0 Å². The lowest BCUT2D eigenvalue weighted by Crippen LogP contribution is -2.73. The lowest BCUT2D eigenvalue weighted by Gasteiger charge is -2.57. The summed E-state index contributed by atoms with van der Waals surface area (Å²) in [6.45, 7) is 5.69. The van der Waals surface area contributed by atoms with Crippen LogP contribution in [-0.2, 0) is 15.0 Å². The van der Waals surface area contributed by atoms with Crippen molar-refractivity contribution in [1.29, 1.82) is 0 Å². The number of likely N-dealkylation sites (tertiary alicyclic amines) is 1. The number of carboxylic acid groups (broad SMARTS) is 2. The summed E-state index contributed by atoms with van der Waals surface area (Å²) in [5, 5.41) is 37.5. The summed E-state index contributed by atoms with van der Waals surface area (Å²) in [5.41, 5.74) is 5.81. The maximum Gasteiger partial charge on any atom is 0.313 e. The fraction of sp³-hybridized carbons (Fsp3) is 0.487. The van der Waals surface area contributed by atoms with Crippen LogP contribution >= 0.6 is 0 Å². The van der Waals surface area contributed by atoms with E-state index in [-0.39, 0.29) is 23.9 Å². The molecule has 0 aromatic heterocycles. The minimum absolute atomic E-state index is 0.143. The number of carbonyl (C=O) groups is 2. The van der Waals surface area contributed by atoms with E-state index in [0.717, 1.165) is 45.2 Å². The summed E-state index contributed by atoms with van der Waals surface area (Å²) >= 11 is 0. The molecule has 2 aliphatic heterocycles. The van der Waals surface area contributed by atoms with E-state index in [4.69, 9.17) is 5.73 Å². The van der Waals surface area contributed by atoms with Crippen LogP contribution in [0.2, 0.25) is 0 Å². The largest absolute Gasteiger partial charge is 0.481 e. The second-order valence-corrected chi connectivity index (χ2v) is 14.1. The third kappa shape index (κ3) is 6.74. The van der Waals surface area contributed by atoms with E-state index in [2.05, 4.69) is 65.7 Å². The van der Waals surface area contributed by atoms with E-state index >= 15 is 0 Å². The van der Waals surface area contributed by atoms with Crippen molar-refractivity contribution in [2.75, 3.05) is 19.6 Å². The minimum atomic E-state index is -1.72. The van der Waals surface area contributed by atoms with Gasteiger partial charge in [0, 0.05) is 29.5 Å². The van der Waals surface area contributed by atoms with Crippen LogP contribution < -0.4 is 11.1 Å². The Morgan fingerprint density at radius 3 is 2.00 bits per heavy atom. The number of aliphatic carboxylic acids is 2. The molecule has 2 heterocycles. The molecule has 0 bridgehead atoms. The number of piperidine rings is 2. The highest BCUT2D eigenvalue weighted by molar-refractivity contribution is 5.84. The molecule has 3 aromatic rings.